The van der Waals surface area contributed by atoms with Crippen molar-refractivity contribution in [3.8, 4) is 0 Å². The van der Waals surface area contributed by atoms with Crippen LogP contribution in [0.2, 0.25) is 0 Å². The van der Waals surface area contributed by atoms with Gasteiger partial charge in [-0.1, -0.05) is 0 Å². The van der Waals surface area contributed by atoms with Crippen LogP contribution in [0, 0.1) is 24.0 Å². The van der Waals surface area contributed by atoms with Gasteiger partial charge in [0.25, 0.3) is 5.69 Å². The van der Waals surface area contributed by atoms with Crippen molar-refractivity contribution >= 4 is 17.3 Å². The molecule has 0 unspecified atom stereocenters. The number of aryl methyl sites for hydroxylation is 2. The predicted molar refractivity (Wildman–Crippen MR) is 67.5 cm³/mol. The highest BCUT2D eigenvalue weighted by atomic mass is 16.6. The number of nitro groups is 1. The average molecular weight is 252 g/mol. The Morgan fingerprint density at radius 3 is 2.56 bits per heavy atom. The summed E-state index contributed by atoms with van der Waals surface area (Å²) in [6.45, 7) is 3.52. The second kappa shape index (κ2) is 6.11. The number of nitrogens with one attached hydrogen (secondary N) is 1. The number of anilines is 1. The molecule has 6 nitrogen and oxygen atoms in total. The zero-order chi connectivity index (χ0) is 13.7. The van der Waals surface area contributed by atoms with E-state index in [-0.39, 0.29) is 30.3 Å². The molecule has 0 saturated carbocycles. The highest BCUT2D eigenvalue weighted by Crippen LogP contribution is 2.28. The molecule has 0 spiro atoms. The molecule has 0 aliphatic heterocycles. The van der Waals surface area contributed by atoms with Gasteiger partial charge in [-0.05, 0) is 37.5 Å². The summed E-state index contributed by atoms with van der Waals surface area (Å²) in [7, 11) is 0. The second-order valence-electron chi connectivity index (χ2n) is 4.09. The van der Waals surface area contributed by atoms with Crippen LogP contribution in [-0.2, 0) is 4.79 Å². The van der Waals surface area contributed by atoms with E-state index in [0.717, 1.165) is 11.1 Å². The van der Waals surface area contributed by atoms with Crippen LogP contribution in [0.15, 0.2) is 12.1 Å². The Bertz CT molecular complexity index is 471. The Kier molecular flexibility index (Phi) is 4.79. The molecule has 1 aromatic carbocycles. The van der Waals surface area contributed by atoms with Gasteiger partial charge in [-0.25, -0.2) is 0 Å². The molecular formula is C12H16N2O4. The van der Waals surface area contributed by atoms with Crippen LogP contribution in [0.4, 0.5) is 11.4 Å². The third-order valence-electron chi connectivity index (χ3n) is 2.64. The highest BCUT2D eigenvalue weighted by Gasteiger charge is 2.17. The zero-order valence-electron chi connectivity index (χ0n) is 10.4. The zero-order valence-corrected chi connectivity index (χ0v) is 10.4. The van der Waals surface area contributed by atoms with Crippen LogP contribution in [-0.4, -0.2) is 22.5 Å². The first-order valence-electron chi connectivity index (χ1n) is 5.62. The Morgan fingerprint density at radius 2 is 2.00 bits per heavy atom. The van der Waals surface area contributed by atoms with Gasteiger partial charge in [0, 0.05) is 19.1 Å². The van der Waals surface area contributed by atoms with E-state index in [0.29, 0.717) is 6.42 Å². The van der Waals surface area contributed by atoms with Crippen molar-refractivity contribution < 1.29 is 14.8 Å². The highest BCUT2D eigenvalue weighted by molar-refractivity contribution is 5.93. The minimum absolute atomic E-state index is 0.0809. The van der Waals surface area contributed by atoms with Crippen molar-refractivity contribution in [2.24, 2.45) is 0 Å². The fraction of sp³-hybridized carbons (Fsp3) is 0.417. The summed E-state index contributed by atoms with van der Waals surface area (Å²) in [6.07, 6.45) is 0.477. The van der Waals surface area contributed by atoms with Crippen molar-refractivity contribution in [2.75, 3.05) is 11.9 Å². The number of rotatable bonds is 5. The standard InChI is InChI=1S/C12H16N2O4/c1-8-6-10(13-12(16)4-3-5-15)11(14(17)18)7-9(8)2/h6-7,15H,3-5H2,1-2H3,(H,13,16). The number of aliphatic hydroxyl groups is 1. The molecule has 0 radical (unpaired) electrons. The fourth-order valence-corrected chi connectivity index (χ4v) is 1.50. The van der Waals surface area contributed by atoms with Gasteiger partial charge in [0.1, 0.15) is 5.69 Å². The van der Waals surface area contributed by atoms with E-state index >= 15 is 0 Å². The van der Waals surface area contributed by atoms with E-state index in [1.54, 1.807) is 13.0 Å². The minimum Gasteiger partial charge on any atom is -0.396 e. The smallest absolute Gasteiger partial charge is 0.293 e. The van der Waals surface area contributed by atoms with Crippen molar-refractivity contribution in [1.82, 2.24) is 0 Å². The monoisotopic (exact) mass is 252 g/mol. The molecule has 6 heteroatoms. The summed E-state index contributed by atoms with van der Waals surface area (Å²) in [6, 6.07) is 3.03. The molecule has 18 heavy (non-hydrogen) atoms. The summed E-state index contributed by atoms with van der Waals surface area (Å²) < 4.78 is 0. The first-order valence-corrected chi connectivity index (χ1v) is 5.62. The summed E-state index contributed by atoms with van der Waals surface area (Å²) in [4.78, 5) is 21.9. The number of benzene rings is 1. The SMILES string of the molecule is Cc1cc(NC(=O)CCCO)c([N+](=O)[O-])cc1C. The Balaban J connectivity index is 2.96. The molecule has 0 aromatic heterocycles. The molecule has 0 heterocycles. The first kappa shape index (κ1) is 14.1. The number of aliphatic hydroxyl groups excluding tert-OH is 1. The van der Waals surface area contributed by atoms with Crippen LogP contribution in [0.25, 0.3) is 0 Å². The number of nitrogens with zero attached hydrogens (tertiary/aromatic N) is 1. The lowest BCUT2D eigenvalue weighted by atomic mass is 10.1. The Morgan fingerprint density at radius 1 is 1.39 bits per heavy atom. The molecule has 0 saturated heterocycles. The minimum atomic E-state index is -0.520. The molecule has 2 N–H and O–H groups in total. The van der Waals surface area contributed by atoms with Crippen LogP contribution >= 0.6 is 0 Å². The van der Waals surface area contributed by atoms with Crippen LogP contribution in [0.5, 0.6) is 0 Å². The molecule has 1 rings (SSSR count). The lowest BCUT2D eigenvalue weighted by molar-refractivity contribution is -0.384. The molecule has 0 fully saturated rings. The van der Waals surface area contributed by atoms with E-state index < -0.39 is 4.92 Å². The van der Waals surface area contributed by atoms with Crippen molar-refractivity contribution in [3.63, 3.8) is 0 Å². The molecular weight excluding hydrogens is 236 g/mol. The van der Waals surface area contributed by atoms with Crippen molar-refractivity contribution in [2.45, 2.75) is 26.7 Å². The van der Waals surface area contributed by atoms with Gasteiger partial charge < -0.3 is 10.4 Å². The molecule has 0 aliphatic carbocycles. The predicted octanol–water partition coefficient (Wildman–Crippen LogP) is 1.92. The maximum atomic E-state index is 11.5. The molecule has 0 aliphatic rings. The van der Waals surface area contributed by atoms with Crippen molar-refractivity contribution in [3.05, 3.63) is 33.4 Å². The molecule has 1 amide bonds. The molecule has 1 aromatic rings. The van der Waals surface area contributed by atoms with E-state index in [9.17, 15) is 14.9 Å². The van der Waals surface area contributed by atoms with Gasteiger partial charge >= 0.3 is 0 Å². The van der Waals surface area contributed by atoms with Gasteiger partial charge in [0.2, 0.25) is 5.91 Å². The number of amides is 1. The fourth-order valence-electron chi connectivity index (χ4n) is 1.50. The number of nitro benzene ring substituents is 1. The van der Waals surface area contributed by atoms with E-state index in [4.69, 9.17) is 5.11 Å². The van der Waals surface area contributed by atoms with Crippen LogP contribution < -0.4 is 5.32 Å². The average Bonchev–Trinajstić information content (AvgIpc) is 2.30. The summed E-state index contributed by atoms with van der Waals surface area (Å²) >= 11 is 0. The lowest BCUT2D eigenvalue weighted by Gasteiger charge is -2.08. The van der Waals surface area contributed by atoms with Crippen LogP contribution in [0.3, 0.4) is 0 Å². The molecule has 0 atom stereocenters. The third-order valence-corrected chi connectivity index (χ3v) is 2.64. The summed E-state index contributed by atoms with van der Waals surface area (Å²) in [5, 5.41) is 22.0. The molecule has 98 valence electrons. The van der Waals surface area contributed by atoms with Gasteiger partial charge in [0.05, 0.1) is 4.92 Å². The molecule has 0 bridgehead atoms. The Hall–Kier alpha value is -1.95. The van der Waals surface area contributed by atoms with Gasteiger partial charge in [-0.2, -0.15) is 0 Å². The number of hydrogen-bond donors (Lipinski definition) is 2. The lowest BCUT2D eigenvalue weighted by Crippen LogP contribution is -2.13. The normalized spacial score (nSPS) is 10.2. The topological polar surface area (TPSA) is 92.5 Å². The maximum absolute atomic E-state index is 11.5. The van der Waals surface area contributed by atoms with Gasteiger partial charge in [0.15, 0.2) is 0 Å². The van der Waals surface area contributed by atoms with E-state index in [1.807, 2.05) is 6.92 Å². The first-order chi connectivity index (χ1) is 8.45. The second-order valence-corrected chi connectivity index (χ2v) is 4.09. The van der Waals surface area contributed by atoms with E-state index in [1.165, 1.54) is 6.07 Å². The largest absolute Gasteiger partial charge is 0.396 e. The van der Waals surface area contributed by atoms with Crippen molar-refractivity contribution in [1.29, 1.82) is 0 Å². The van der Waals surface area contributed by atoms with Gasteiger partial charge in [-0.3, -0.25) is 14.9 Å². The summed E-state index contributed by atoms with van der Waals surface area (Å²) in [5.41, 5.74) is 1.76. The van der Waals surface area contributed by atoms with Gasteiger partial charge in [-0.15, -0.1) is 0 Å². The number of carbonyl (C=O) groups excluding carboxylic acids is 1. The third kappa shape index (κ3) is 3.53. The van der Waals surface area contributed by atoms with E-state index in [2.05, 4.69) is 5.32 Å². The van der Waals surface area contributed by atoms with Crippen LogP contribution in [0.1, 0.15) is 24.0 Å². The Labute approximate surface area is 105 Å². The maximum Gasteiger partial charge on any atom is 0.293 e. The quantitative estimate of drug-likeness (QED) is 0.618. The number of hydrogen-bond acceptors (Lipinski definition) is 4. The number of carbonyl (C=O) groups is 1. The summed E-state index contributed by atoms with van der Waals surface area (Å²) in [5.74, 6) is -0.338.